The number of aromatic nitrogens is 1. The molecule has 1 aromatic heterocycles. The third kappa shape index (κ3) is 1.99. The van der Waals surface area contributed by atoms with Crippen LogP contribution in [0.15, 0.2) is 24.3 Å². The highest BCUT2D eigenvalue weighted by molar-refractivity contribution is 7.11. The normalized spacial score (nSPS) is 24.3. The topological polar surface area (TPSA) is 36.4 Å². The molecule has 2 unspecified atom stereocenters. The minimum Gasteiger partial charge on any atom is -0.391 e. The van der Waals surface area contributed by atoms with Crippen molar-refractivity contribution in [2.45, 2.75) is 37.8 Å². The molecule has 1 aliphatic carbocycles. The first-order valence-corrected chi connectivity index (χ1v) is 7.30. The molecule has 0 spiro atoms. The molecule has 0 amide bonds. The van der Waals surface area contributed by atoms with E-state index in [2.05, 4.69) is 22.4 Å². The Bertz CT molecular complexity index is 539. The van der Waals surface area contributed by atoms with E-state index in [-0.39, 0.29) is 12.1 Å². The highest BCUT2D eigenvalue weighted by Crippen LogP contribution is 2.34. The third-order valence-corrected chi connectivity index (χ3v) is 4.85. The molecular weight excluding hydrogens is 244 g/mol. The lowest BCUT2D eigenvalue weighted by molar-refractivity contribution is 0.106. The summed E-state index contributed by atoms with van der Waals surface area (Å²) in [4.78, 5) is 2.23. The molecule has 1 aliphatic rings. The Hall–Kier alpha value is -1.13. The van der Waals surface area contributed by atoms with Gasteiger partial charge < -0.3 is 10.0 Å². The molecule has 1 aromatic carbocycles. The van der Waals surface area contributed by atoms with Crippen LogP contribution in [0.25, 0.3) is 10.9 Å². The van der Waals surface area contributed by atoms with Crippen LogP contribution in [0.4, 0.5) is 5.00 Å². The first kappa shape index (κ1) is 11.9. The van der Waals surface area contributed by atoms with E-state index >= 15 is 0 Å². The second-order valence-corrected chi connectivity index (χ2v) is 5.79. The average molecular weight is 262 g/mol. The summed E-state index contributed by atoms with van der Waals surface area (Å²) in [6.07, 6.45) is 4.15. The van der Waals surface area contributed by atoms with Gasteiger partial charge in [-0.1, -0.05) is 25.0 Å². The number of likely N-dealkylation sites (N-methyl/N-ethyl adjacent to an activating group) is 1. The maximum Gasteiger partial charge on any atom is 0.120 e. The van der Waals surface area contributed by atoms with Gasteiger partial charge >= 0.3 is 0 Å². The minimum absolute atomic E-state index is 0.204. The van der Waals surface area contributed by atoms with Crippen LogP contribution in [0.1, 0.15) is 25.7 Å². The third-order valence-electron chi connectivity index (χ3n) is 3.88. The standard InChI is InChI=1S/C14H18N2OS/c1-16(12-8-4-5-9-13(12)17)14-10-6-2-3-7-11(10)15-18-14/h2-3,6-7,12-13,17H,4-5,8-9H2,1H3. The summed E-state index contributed by atoms with van der Waals surface area (Å²) < 4.78 is 4.48. The molecule has 2 aromatic rings. The number of aliphatic hydroxyl groups is 1. The summed E-state index contributed by atoms with van der Waals surface area (Å²) in [7, 11) is 2.08. The molecule has 1 fully saturated rings. The van der Waals surface area contributed by atoms with Gasteiger partial charge in [0.1, 0.15) is 5.00 Å². The molecule has 3 nitrogen and oxygen atoms in total. The highest BCUT2D eigenvalue weighted by Gasteiger charge is 2.28. The smallest absolute Gasteiger partial charge is 0.120 e. The monoisotopic (exact) mass is 262 g/mol. The van der Waals surface area contributed by atoms with Gasteiger partial charge in [0.15, 0.2) is 0 Å². The van der Waals surface area contributed by atoms with Gasteiger partial charge in [-0.2, -0.15) is 4.37 Å². The highest BCUT2D eigenvalue weighted by atomic mass is 32.1. The molecule has 3 rings (SSSR count). The van der Waals surface area contributed by atoms with E-state index in [0.717, 1.165) is 24.8 Å². The van der Waals surface area contributed by atoms with Gasteiger partial charge in [-0.15, -0.1) is 0 Å². The van der Waals surface area contributed by atoms with Crippen LogP contribution in [0.5, 0.6) is 0 Å². The zero-order chi connectivity index (χ0) is 12.5. The van der Waals surface area contributed by atoms with Crippen LogP contribution in [0.2, 0.25) is 0 Å². The predicted octanol–water partition coefficient (Wildman–Crippen LogP) is 3.04. The van der Waals surface area contributed by atoms with Gasteiger partial charge in [-0.25, -0.2) is 0 Å². The van der Waals surface area contributed by atoms with Crippen molar-refractivity contribution >= 4 is 27.4 Å². The van der Waals surface area contributed by atoms with Crippen LogP contribution in [-0.2, 0) is 0 Å². The summed E-state index contributed by atoms with van der Waals surface area (Å²) in [5.74, 6) is 0. The summed E-state index contributed by atoms with van der Waals surface area (Å²) in [5, 5.41) is 12.5. The number of benzene rings is 1. The lowest BCUT2D eigenvalue weighted by Gasteiger charge is -2.35. The van der Waals surface area contributed by atoms with E-state index in [4.69, 9.17) is 0 Å². The molecule has 0 bridgehead atoms. The molecule has 96 valence electrons. The Morgan fingerprint density at radius 3 is 2.89 bits per heavy atom. The van der Waals surface area contributed by atoms with Gasteiger partial charge in [-0.05, 0) is 36.5 Å². The lowest BCUT2D eigenvalue weighted by Crippen LogP contribution is -2.43. The van der Waals surface area contributed by atoms with E-state index in [0.29, 0.717) is 0 Å². The van der Waals surface area contributed by atoms with Crippen LogP contribution in [0.3, 0.4) is 0 Å². The maximum atomic E-state index is 10.2. The Balaban J connectivity index is 1.93. The fourth-order valence-electron chi connectivity index (χ4n) is 2.82. The lowest BCUT2D eigenvalue weighted by atomic mass is 9.91. The number of rotatable bonds is 2. The molecule has 0 saturated heterocycles. The summed E-state index contributed by atoms with van der Waals surface area (Å²) in [5.41, 5.74) is 1.05. The molecule has 1 heterocycles. The van der Waals surface area contributed by atoms with Crippen molar-refractivity contribution < 1.29 is 5.11 Å². The van der Waals surface area contributed by atoms with Gasteiger partial charge in [-0.3, -0.25) is 0 Å². The Labute approximate surface area is 111 Å². The fraction of sp³-hybridized carbons (Fsp3) is 0.500. The summed E-state index contributed by atoms with van der Waals surface area (Å²) in [6.45, 7) is 0. The van der Waals surface area contributed by atoms with E-state index < -0.39 is 0 Å². The first-order valence-electron chi connectivity index (χ1n) is 6.52. The Morgan fingerprint density at radius 2 is 2.06 bits per heavy atom. The molecule has 4 heteroatoms. The number of anilines is 1. The van der Waals surface area contributed by atoms with Crippen molar-refractivity contribution in [2.75, 3.05) is 11.9 Å². The van der Waals surface area contributed by atoms with Crippen molar-refractivity contribution in [3.63, 3.8) is 0 Å². The molecule has 1 N–H and O–H groups in total. The summed E-state index contributed by atoms with van der Waals surface area (Å²) in [6, 6.07) is 8.45. The van der Waals surface area contributed by atoms with Crippen LogP contribution in [0, 0.1) is 0 Å². The number of nitrogens with zero attached hydrogens (tertiary/aromatic N) is 2. The Kier molecular flexibility index (Phi) is 3.22. The van der Waals surface area contributed by atoms with Crippen molar-refractivity contribution in [3.05, 3.63) is 24.3 Å². The van der Waals surface area contributed by atoms with E-state index in [1.807, 2.05) is 18.2 Å². The molecule has 0 radical (unpaired) electrons. The molecule has 1 saturated carbocycles. The zero-order valence-electron chi connectivity index (χ0n) is 10.5. The number of fused-ring (bicyclic) bond motifs is 1. The van der Waals surface area contributed by atoms with Gasteiger partial charge in [0.2, 0.25) is 0 Å². The number of aliphatic hydroxyl groups excluding tert-OH is 1. The summed E-state index contributed by atoms with van der Waals surface area (Å²) >= 11 is 1.53. The molecular formula is C14H18N2OS. The van der Waals surface area contributed by atoms with Crippen molar-refractivity contribution in [2.24, 2.45) is 0 Å². The molecule has 18 heavy (non-hydrogen) atoms. The van der Waals surface area contributed by atoms with Gasteiger partial charge in [0.05, 0.1) is 17.7 Å². The van der Waals surface area contributed by atoms with Crippen molar-refractivity contribution in [1.29, 1.82) is 0 Å². The Morgan fingerprint density at radius 1 is 1.28 bits per heavy atom. The van der Waals surface area contributed by atoms with Gasteiger partial charge in [0, 0.05) is 12.4 Å². The number of hydrogen-bond donors (Lipinski definition) is 1. The molecule has 2 atom stereocenters. The largest absolute Gasteiger partial charge is 0.391 e. The second kappa shape index (κ2) is 4.86. The quantitative estimate of drug-likeness (QED) is 0.903. The first-order chi connectivity index (χ1) is 8.77. The van der Waals surface area contributed by atoms with Crippen molar-refractivity contribution in [3.8, 4) is 0 Å². The predicted molar refractivity (Wildman–Crippen MR) is 76.3 cm³/mol. The average Bonchev–Trinajstić information content (AvgIpc) is 2.82. The van der Waals surface area contributed by atoms with Crippen LogP contribution >= 0.6 is 11.5 Å². The maximum absolute atomic E-state index is 10.2. The second-order valence-electron chi connectivity index (χ2n) is 5.03. The van der Waals surface area contributed by atoms with E-state index in [1.165, 1.54) is 28.3 Å². The SMILES string of the molecule is CN(c1snc2ccccc12)C1CCCCC1O. The number of hydrogen-bond acceptors (Lipinski definition) is 4. The minimum atomic E-state index is -0.204. The van der Waals surface area contributed by atoms with Gasteiger partial charge in [0.25, 0.3) is 0 Å². The van der Waals surface area contributed by atoms with E-state index in [9.17, 15) is 5.11 Å². The van der Waals surface area contributed by atoms with Crippen LogP contribution < -0.4 is 4.90 Å². The zero-order valence-corrected chi connectivity index (χ0v) is 11.4. The van der Waals surface area contributed by atoms with Crippen LogP contribution in [-0.4, -0.2) is 28.7 Å². The van der Waals surface area contributed by atoms with E-state index in [1.54, 1.807) is 0 Å². The van der Waals surface area contributed by atoms with Crippen molar-refractivity contribution in [1.82, 2.24) is 4.37 Å². The fourth-order valence-corrected chi connectivity index (χ4v) is 3.70. The molecule has 0 aliphatic heterocycles.